The van der Waals surface area contributed by atoms with Crippen LogP contribution in [0.5, 0.6) is 0 Å². The van der Waals surface area contributed by atoms with Gasteiger partial charge >= 0.3 is 5.97 Å². The lowest BCUT2D eigenvalue weighted by atomic mass is 9.98. The average molecular weight is 370 g/mol. The van der Waals surface area contributed by atoms with E-state index in [1.54, 1.807) is 0 Å². The zero-order valence-electron chi connectivity index (χ0n) is 16.9. The number of rotatable bonds is 13. The highest BCUT2D eigenvalue weighted by Gasteiger charge is 2.12. The van der Waals surface area contributed by atoms with Crippen molar-refractivity contribution >= 4 is 11.9 Å². The van der Waals surface area contributed by atoms with Crippen molar-refractivity contribution in [2.45, 2.75) is 83.7 Å². The monoisotopic (exact) mass is 369 g/mol. The smallest absolute Gasteiger partial charge is 0.305 e. The zero-order chi connectivity index (χ0) is 18.9. The minimum absolute atomic E-state index is 0.114. The number of carbonyl (C=O) groups excluding carboxylic acids is 1. The van der Waals surface area contributed by atoms with Crippen LogP contribution in [-0.4, -0.2) is 51.4 Å². The quantitative estimate of drug-likeness (QED) is 0.225. The first kappa shape index (κ1) is 22.7. The van der Waals surface area contributed by atoms with E-state index < -0.39 is 0 Å². The molecule has 26 heavy (non-hydrogen) atoms. The number of nitrogens with zero attached hydrogens (tertiary/aromatic N) is 1. The van der Waals surface area contributed by atoms with Crippen molar-refractivity contribution in [3.05, 3.63) is 0 Å². The summed E-state index contributed by atoms with van der Waals surface area (Å²) >= 11 is 0. The topological polar surface area (TPSA) is 72.0 Å². The second-order valence-corrected chi connectivity index (χ2v) is 6.91. The van der Waals surface area contributed by atoms with Gasteiger partial charge in [0.05, 0.1) is 13.2 Å². The molecule has 2 N–H and O–H groups in total. The van der Waals surface area contributed by atoms with Crippen molar-refractivity contribution in [3.63, 3.8) is 0 Å². The molecule has 0 atom stereocenters. The molecule has 1 aliphatic carbocycles. The second kappa shape index (κ2) is 15.9. The SMILES string of the molecule is CCNC(=NCCCOC1CCCCC1)NCCCCCCC(=O)OC. The van der Waals surface area contributed by atoms with Gasteiger partial charge in [-0.15, -0.1) is 0 Å². The maximum Gasteiger partial charge on any atom is 0.305 e. The summed E-state index contributed by atoms with van der Waals surface area (Å²) in [6.07, 6.45) is 12.6. The maximum absolute atomic E-state index is 11.0. The summed E-state index contributed by atoms with van der Waals surface area (Å²) < 4.78 is 10.6. The van der Waals surface area contributed by atoms with E-state index in [1.807, 2.05) is 0 Å². The molecule has 0 aromatic rings. The lowest BCUT2D eigenvalue weighted by molar-refractivity contribution is -0.140. The Morgan fingerprint density at radius 1 is 1.04 bits per heavy atom. The Balaban J connectivity index is 2.04. The molecule has 1 rings (SSSR count). The molecule has 0 amide bonds. The van der Waals surface area contributed by atoms with E-state index in [0.717, 1.165) is 64.3 Å². The molecule has 0 heterocycles. The van der Waals surface area contributed by atoms with Gasteiger partial charge in [-0.25, -0.2) is 0 Å². The summed E-state index contributed by atoms with van der Waals surface area (Å²) in [5, 5.41) is 6.66. The number of guanidine groups is 1. The predicted molar refractivity (Wildman–Crippen MR) is 107 cm³/mol. The molecule has 0 aromatic heterocycles. The van der Waals surface area contributed by atoms with Crippen LogP contribution in [0.15, 0.2) is 4.99 Å². The lowest BCUT2D eigenvalue weighted by Crippen LogP contribution is -2.37. The summed E-state index contributed by atoms with van der Waals surface area (Å²) in [5.41, 5.74) is 0. The number of aliphatic imine (C=N–C) groups is 1. The van der Waals surface area contributed by atoms with Crippen molar-refractivity contribution in [1.29, 1.82) is 0 Å². The summed E-state index contributed by atoms with van der Waals surface area (Å²) in [4.78, 5) is 15.6. The van der Waals surface area contributed by atoms with Gasteiger partial charge in [0.15, 0.2) is 5.96 Å². The second-order valence-electron chi connectivity index (χ2n) is 6.91. The van der Waals surface area contributed by atoms with Gasteiger partial charge in [-0.2, -0.15) is 0 Å². The lowest BCUT2D eigenvalue weighted by Gasteiger charge is -2.21. The van der Waals surface area contributed by atoms with Crippen molar-refractivity contribution in [1.82, 2.24) is 10.6 Å². The number of ether oxygens (including phenoxy) is 2. The van der Waals surface area contributed by atoms with Gasteiger partial charge < -0.3 is 20.1 Å². The van der Waals surface area contributed by atoms with Crippen LogP contribution in [-0.2, 0) is 14.3 Å². The van der Waals surface area contributed by atoms with E-state index in [-0.39, 0.29) is 5.97 Å². The Morgan fingerprint density at radius 3 is 2.54 bits per heavy atom. The molecule has 6 nitrogen and oxygen atoms in total. The highest BCUT2D eigenvalue weighted by atomic mass is 16.5. The largest absolute Gasteiger partial charge is 0.469 e. The van der Waals surface area contributed by atoms with Gasteiger partial charge in [-0.05, 0) is 39.0 Å². The van der Waals surface area contributed by atoms with Crippen LogP contribution in [0.4, 0.5) is 0 Å². The number of methoxy groups -OCH3 is 1. The summed E-state index contributed by atoms with van der Waals surface area (Å²) in [5.74, 6) is 0.775. The fourth-order valence-corrected chi connectivity index (χ4v) is 3.14. The third kappa shape index (κ3) is 12.1. The van der Waals surface area contributed by atoms with E-state index in [0.29, 0.717) is 12.5 Å². The Morgan fingerprint density at radius 2 is 1.81 bits per heavy atom. The van der Waals surface area contributed by atoms with Crippen LogP contribution in [0.25, 0.3) is 0 Å². The number of carbonyl (C=O) groups is 1. The molecule has 0 unspecified atom stereocenters. The summed E-state index contributed by atoms with van der Waals surface area (Å²) in [6.45, 7) is 5.46. The van der Waals surface area contributed by atoms with Crippen molar-refractivity contribution in [3.8, 4) is 0 Å². The van der Waals surface area contributed by atoms with Crippen LogP contribution in [0.2, 0.25) is 0 Å². The summed E-state index contributed by atoms with van der Waals surface area (Å²) in [7, 11) is 1.44. The molecule has 6 heteroatoms. The predicted octanol–water partition coefficient (Wildman–Crippen LogP) is 3.40. The minimum atomic E-state index is -0.114. The first-order valence-corrected chi connectivity index (χ1v) is 10.5. The molecule has 0 spiro atoms. The van der Waals surface area contributed by atoms with Crippen molar-refractivity contribution in [2.24, 2.45) is 4.99 Å². The number of esters is 1. The molecule has 1 fully saturated rings. The molecule has 1 aliphatic rings. The third-order valence-electron chi connectivity index (χ3n) is 4.65. The van der Waals surface area contributed by atoms with Gasteiger partial charge in [-0.1, -0.05) is 32.1 Å². The van der Waals surface area contributed by atoms with Gasteiger partial charge in [-0.3, -0.25) is 9.79 Å². The number of unbranched alkanes of at least 4 members (excludes halogenated alkanes) is 3. The Labute approximate surface area is 159 Å². The maximum atomic E-state index is 11.0. The molecule has 0 radical (unpaired) electrons. The van der Waals surface area contributed by atoms with E-state index in [2.05, 4.69) is 27.3 Å². The molecular weight excluding hydrogens is 330 g/mol. The van der Waals surface area contributed by atoms with Crippen molar-refractivity contribution in [2.75, 3.05) is 33.4 Å². The van der Waals surface area contributed by atoms with Gasteiger partial charge in [0.25, 0.3) is 0 Å². The normalized spacial score (nSPS) is 15.7. The third-order valence-corrected chi connectivity index (χ3v) is 4.65. The van der Waals surface area contributed by atoms with Crippen LogP contribution >= 0.6 is 0 Å². The fourth-order valence-electron chi connectivity index (χ4n) is 3.14. The Hall–Kier alpha value is -1.30. The molecule has 0 aromatic carbocycles. The molecule has 0 aliphatic heterocycles. The first-order valence-electron chi connectivity index (χ1n) is 10.5. The standard InChI is InChI=1S/C20H39N3O3/c1-3-21-20(22-15-10-5-4-9-14-19(24)25-2)23-16-11-17-26-18-12-7-6-8-13-18/h18H,3-17H2,1-2H3,(H2,21,22,23). The highest BCUT2D eigenvalue weighted by Crippen LogP contribution is 2.20. The van der Waals surface area contributed by atoms with E-state index in [9.17, 15) is 4.79 Å². The fraction of sp³-hybridized carbons (Fsp3) is 0.900. The Bertz CT molecular complexity index is 382. The number of nitrogens with one attached hydrogen (secondary N) is 2. The summed E-state index contributed by atoms with van der Waals surface area (Å²) in [6, 6.07) is 0. The van der Waals surface area contributed by atoms with Crippen LogP contribution in [0.3, 0.4) is 0 Å². The first-order chi connectivity index (χ1) is 12.8. The zero-order valence-corrected chi connectivity index (χ0v) is 16.9. The molecule has 1 saturated carbocycles. The average Bonchev–Trinajstić information content (AvgIpc) is 2.67. The number of hydrogen-bond acceptors (Lipinski definition) is 4. The van der Waals surface area contributed by atoms with Crippen molar-refractivity contribution < 1.29 is 14.3 Å². The molecular formula is C20H39N3O3. The van der Waals surface area contributed by atoms with Crippen LogP contribution < -0.4 is 10.6 Å². The highest BCUT2D eigenvalue weighted by molar-refractivity contribution is 5.79. The number of hydrogen-bond donors (Lipinski definition) is 2. The minimum Gasteiger partial charge on any atom is -0.469 e. The van der Waals surface area contributed by atoms with E-state index in [4.69, 9.17) is 4.74 Å². The Kier molecular flexibility index (Phi) is 13.9. The van der Waals surface area contributed by atoms with E-state index in [1.165, 1.54) is 39.2 Å². The molecule has 0 bridgehead atoms. The van der Waals surface area contributed by atoms with Gasteiger partial charge in [0.1, 0.15) is 0 Å². The van der Waals surface area contributed by atoms with E-state index >= 15 is 0 Å². The van der Waals surface area contributed by atoms with Crippen LogP contribution in [0, 0.1) is 0 Å². The van der Waals surface area contributed by atoms with Crippen LogP contribution in [0.1, 0.15) is 77.6 Å². The molecule has 0 saturated heterocycles. The molecule has 152 valence electrons. The van der Waals surface area contributed by atoms with Gasteiger partial charge in [0, 0.05) is 32.7 Å². The van der Waals surface area contributed by atoms with Gasteiger partial charge in [0.2, 0.25) is 0 Å².